The fourth-order valence-electron chi connectivity index (χ4n) is 3.20. The number of sulfonamides is 1. The third-order valence-corrected chi connectivity index (χ3v) is 7.18. The lowest BCUT2D eigenvalue weighted by molar-refractivity contribution is -0.122. The summed E-state index contributed by atoms with van der Waals surface area (Å²) in [6.07, 6.45) is 3.31. The summed E-state index contributed by atoms with van der Waals surface area (Å²) in [7, 11) is -1.53. The van der Waals surface area contributed by atoms with Crippen LogP contribution < -0.4 is 4.80 Å². The van der Waals surface area contributed by atoms with Crippen molar-refractivity contribution in [1.29, 1.82) is 0 Å². The summed E-state index contributed by atoms with van der Waals surface area (Å²) in [5, 5.41) is 0. The normalized spacial score (nSPS) is 20.3. The Morgan fingerprint density at radius 2 is 1.92 bits per heavy atom. The van der Waals surface area contributed by atoms with E-state index in [0.29, 0.717) is 17.8 Å². The molecule has 1 amide bonds. The fourth-order valence-corrected chi connectivity index (χ4v) is 5.43. The molecule has 1 aliphatic rings. The van der Waals surface area contributed by atoms with Gasteiger partial charge in [0.05, 0.1) is 16.5 Å². The van der Waals surface area contributed by atoms with Crippen LogP contribution >= 0.6 is 11.3 Å². The van der Waals surface area contributed by atoms with Crippen molar-refractivity contribution in [2.75, 3.05) is 12.8 Å². The zero-order chi connectivity index (χ0) is 18.4. The predicted molar refractivity (Wildman–Crippen MR) is 100 cm³/mol. The Morgan fingerprint density at radius 3 is 2.60 bits per heavy atom. The zero-order valence-corrected chi connectivity index (χ0v) is 16.6. The molecule has 2 heterocycles. The highest BCUT2D eigenvalue weighted by molar-refractivity contribution is 7.88. The van der Waals surface area contributed by atoms with Crippen LogP contribution in [-0.2, 0) is 21.9 Å². The van der Waals surface area contributed by atoms with E-state index in [1.54, 1.807) is 0 Å². The van der Waals surface area contributed by atoms with E-state index in [9.17, 15) is 13.2 Å². The molecule has 0 saturated carbocycles. The van der Waals surface area contributed by atoms with Gasteiger partial charge in [0, 0.05) is 13.6 Å². The van der Waals surface area contributed by atoms with E-state index >= 15 is 0 Å². The maximum absolute atomic E-state index is 12.7. The van der Waals surface area contributed by atoms with Crippen molar-refractivity contribution < 1.29 is 13.2 Å². The van der Waals surface area contributed by atoms with Crippen LogP contribution in [0.1, 0.15) is 30.4 Å². The average molecular weight is 382 g/mol. The van der Waals surface area contributed by atoms with Crippen LogP contribution in [0.5, 0.6) is 0 Å². The number of carbonyl (C=O) groups is 1. The predicted octanol–water partition coefficient (Wildman–Crippen LogP) is 2.10. The van der Waals surface area contributed by atoms with Gasteiger partial charge in [-0.1, -0.05) is 17.8 Å². The van der Waals surface area contributed by atoms with Crippen LogP contribution in [0.2, 0.25) is 0 Å². The number of fused-ring (bicyclic) bond motifs is 1. The largest absolute Gasteiger partial charge is 0.319 e. The molecule has 0 aliphatic carbocycles. The summed E-state index contributed by atoms with van der Waals surface area (Å²) in [5.41, 5.74) is 3.42. The van der Waals surface area contributed by atoms with Gasteiger partial charge in [-0.25, -0.2) is 8.42 Å². The van der Waals surface area contributed by atoms with Gasteiger partial charge in [0.25, 0.3) is 5.91 Å². The molecule has 1 aromatic carbocycles. The van der Waals surface area contributed by atoms with Crippen molar-refractivity contribution in [2.24, 2.45) is 12.0 Å². The smallest absolute Gasteiger partial charge is 0.266 e. The molecule has 0 N–H and O–H groups in total. The molecule has 1 fully saturated rings. The number of piperidine rings is 1. The molecule has 2 aromatic rings. The number of hydrogen-bond donors (Lipinski definition) is 0. The molecular weight excluding hydrogens is 358 g/mol. The van der Waals surface area contributed by atoms with Crippen LogP contribution in [-0.4, -0.2) is 42.0 Å². The van der Waals surface area contributed by atoms with Gasteiger partial charge in [-0.15, -0.1) is 0 Å². The summed E-state index contributed by atoms with van der Waals surface area (Å²) >= 11 is 1.46. The van der Waals surface area contributed by atoms with Crippen molar-refractivity contribution in [3.05, 3.63) is 28.1 Å². The Hall–Kier alpha value is -1.51. The molecule has 0 spiro atoms. The molecule has 1 aliphatic heterocycles. The second kappa shape index (κ2) is 6.66. The Bertz CT molecular complexity index is 1000. The molecule has 136 valence electrons. The summed E-state index contributed by atoms with van der Waals surface area (Å²) in [4.78, 5) is 17.6. The number of thiazole rings is 1. The lowest BCUT2D eigenvalue weighted by Crippen LogP contribution is -2.47. The maximum atomic E-state index is 12.7. The van der Waals surface area contributed by atoms with E-state index in [-0.39, 0.29) is 5.91 Å². The average Bonchev–Trinajstić information content (AvgIpc) is 2.83. The van der Waals surface area contributed by atoms with E-state index in [1.165, 1.54) is 26.8 Å². The van der Waals surface area contributed by atoms with Gasteiger partial charge >= 0.3 is 0 Å². The number of nitrogens with zero attached hydrogens (tertiary/aromatic N) is 3. The molecule has 0 bridgehead atoms. The minimum atomic E-state index is -3.41. The Kier molecular flexibility index (Phi) is 4.87. The molecule has 1 aromatic heterocycles. The van der Waals surface area contributed by atoms with E-state index in [4.69, 9.17) is 0 Å². The molecule has 1 saturated heterocycles. The number of hydrogen-bond acceptors (Lipinski definition) is 4. The minimum Gasteiger partial charge on any atom is -0.319 e. The van der Waals surface area contributed by atoms with Crippen molar-refractivity contribution in [2.45, 2.75) is 39.2 Å². The van der Waals surface area contributed by atoms with E-state index in [0.717, 1.165) is 29.3 Å². The SMILES string of the molecule is Cc1cc2sc(=NC(=O)C3CCCCN3S(C)(=O)=O)n(C)c2cc1C. The van der Waals surface area contributed by atoms with E-state index in [2.05, 4.69) is 31.0 Å². The lowest BCUT2D eigenvalue weighted by Gasteiger charge is -2.31. The van der Waals surface area contributed by atoms with Gasteiger partial charge in [-0.3, -0.25) is 4.79 Å². The van der Waals surface area contributed by atoms with Crippen LogP contribution in [0.25, 0.3) is 10.2 Å². The van der Waals surface area contributed by atoms with Crippen molar-refractivity contribution in [3.63, 3.8) is 0 Å². The summed E-state index contributed by atoms with van der Waals surface area (Å²) in [6, 6.07) is 3.51. The molecule has 1 unspecified atom stereocenters. The quantitative estimate of drug-likeness (QED) is 0.800. The molecule has 25 heavy (non-hydrogen) atoms. The lowest BCUT2D eigenvalue weighted by atomic mass is 10.0. The monoisotopic (exact) mass is 381 g/mol. The molecule has 3 rings (SSSR count). The second-order valence-electron chi connectivity index (χ2n) is 6.68. The van der Waals surface area contributed by atoms with Gasteiger partial charge in [-0.05, 0) is 49.9 Å². The van der Waals surface area contributed by atoms with Crippen molar-refractivity contribution in [1.82, 2.24) is 8.87 Å². The minimum absolute atomic E-state index is 0.374. The number of rotatable bonds is 2. The third-order valence-electron chi connectivity index (χ3n) is 4.80. The molecule has 8 heteroatoms. The van der Waals surface area contributed by atoms with Crippen molar-refractivity contribution in [3.8, 4) is 0 Å². The maximum Gasteiger partial charge on any atom is 0.266 e. The highest BCUT2D eigenvalue weighted by Crippen LogP contribution is 2.23. The summed E-state index contributed by atoms with van der Waals surface area (Å²) in [5.74, 6) is -0.374. The molecule has 1 atom stereocenters. The number of aryl methyl sites for hydroxylation is 3. The Labute approximate surface area is 151 Å². The topological polar surface area (TPSA) is 71.7 Å². The molecule has 6 nitrogen and oxygen atoms in total. The van der Waals surface area contributed by atoms with Crippen LogP contribution in [0, 0.1) is 13.8 Å². The van der Waals surface area contributed by atoms with Gasteiger partial charge in [0.1, 0.15) is 6.04 Å². The zero-order valence-electron chi connectivity index (χ0n) is 14.9. The van der Waals surface area contributed by atoms with Gasteiger partial charge in [0.2, 0.25) is 10.0 Å². The Balaban J connectivity index is 2.03. The first-order valence-corrected chi connectivity index (χ1v) is 11.0. The van der Waals surface area contributed by atoms with Crippen LogP contribution in [0.3, 0.4) is 0 Å². The highest BCUT2D eigenvalue weighted by atomic mass is 32.2. The van der Waals surface area contributed by atoms with Crippen LogP contribution in [0.4, 0.5) is 0 Å². The fraction of sp³-hybridized carbons (Fsp3) is 0.529. The highest BCUT2D eigenvalue weighted by Gasteiger charge is 2.34. The third kappa shape index (κ3) is 3.56. The van der Waals surface area contributed by atoms with Gasteiger partial charge in [0.15, 0.2) is 4.80 Å². The van der Waals surface area contributed by atoms with E-state index in [1.807, 2.05) is 11.6 Å². The Morgan fingerprint density at radius 1 is 1.24 bits per heavy atom. The molecular formula is C17H23N3O3S2. The summed E-state index contributed by atoms with van der Waals surface area (Å²) < 4.78 is 28.2. The van der Waals surface area contributed by atoms with Gasteiger partial charge in [-0.2, -0.15) is 9.30 Å². The number of amides is 1. The van der Waals surface area contributed by atoms with Crippen LogP contribution in [0.15, 0.2) is 17.1 Å². The second-order valence-corrected chi connectivity index (χ2v) is 9.63. The first-order valence-electron chi connectivity index (χ1n) is 8.30. The summed E-state index contributed by atoms with van der Waals surface area (Å²) in [6.45, 7) is 4.50. The number of aromatic nitrogens is 1. The molecule has 0 radical (unpaired) electrons. The number of carbonyl (C=O) groups excluding carboxylic acids is 1. The number of benzene rings is 1. The standard InChI is InChI=1S/C17H23N3O3S2/c1-11-9-14-15(10-12(11)2)24-17(19(14)3)18-16(21)13-7-5-6-8-20(13)25(4,22)23/h9-10,13H,5-8H2,1-4H3. The van der Waals surface area contributed by atoms with Gasteiger partial charge < -0.3 is 4.57 Å². The first-order chi connectivity index (χ1) is 11.7. The van der Waals surface area contributed by atoms with E-state index < -0.39 is 16.1 Å². The van der Waals surface area contributed by atoms with Crippen molar-refractivity contribution >= 4 is 37.5 Å². The first kappa shape index (κ1) is 18.3.